The average Bonchev–Trinajstić information content (AvgIpc) is 2.42. The van der Waals surface area contributed by atoms with Crippen LogP contribution in [0.25, 0.3) is 0 Å². The number of anilines is 1. The molecule has 0 radical (unpaired) electrons. The Bertz CT molecular complexity index is 393. The maximum Gasteiger partial charge on any atom is 0.145 e. The lowest BCUT2D eigenvalue weighted by Crippen LogP contribution is -2.13. The number of nitrogens with one attached hydrogen (secondary N) is 1. The number of carbonyl (C=O) groups excluding carboxylic acids is 1. The molecule has 1 aromatic heterocycles. The topological polar surface area (TPSA) is 51.2 Å². The number of aromatic nitrogens is 1. The third kappa shape index (κ3) is 3.81. The summed E-state index contributed by atoms with van der Waals surface area (Å²) in [5.41, 5.74) is 3.56. The Morgan fingerprint density at radius 3 is 3.22 bits per heavy atom. The van der Waals surface area contributed by atoms with Crippen molar-refractivity contribution in [1.29, 1.82) is 0 Å². The Balaban J connectivity index is 1.74. The van der Waals surface area contributed by atoms with Crippen LogP contribution in [-0.2, 0) is 22.4 Å². The highest BCUT2D eigenvalue weighted by atomic mass is 16.5. The molecule has 2 heterocycles. The first-order valence-electron chi connectivity index (χ1n) is 6.64. The highest BCUT2D eigenvalue weighted by Crippen LogP contribution is 2.20. The van der Waals surface area contributed by atoms with Crippen molar-refractivity contribution in [3.05, 3.63) is 23.5 Å². The maximum atomic E-state index is 10.1. The highest BCUT2D eigenvalue weighted by Gasteiger charge is 2.09. The molecule has 4 heteroatoms. The van der Waals surface area contributed by atoms with E-state index in [9.17, 15) is 4.79 Å². The fourth-order valence-corrected chi connectivity index (χ4v) is 2.16. The molecule has 1 N–H and O–H groups in total. The zero-order chi connectivity index (χ0) is 12.6. The van der Waals surface area contributed by atoms with Crippen LogP contribution in [0.15, 0.2) is 12.1 Å². The van der Waals surface area contributed by atoms with Gasteiger partial charge in [0.15, 0.2) is 0 Å². The lowest BCUT2D eigenvalue weighted by Gasteiger charge is -2.17. The number of pyridine rings is 1. The van der Waals surface area contributed by atoms with Crippen LogP contribution in [0, 0.1) is 0 Å². The standard InChI is InChI=1S/C14H20N2O2/c17-9-11-18-10-2-1-4-12-6-7-13-14(16-12)5-3-8-15-13/h6-7,9,15H,1-5,8,10-11H2. The van der Waals surface area contributed by atoms with Crippen molar-refractivity contribution in [2.24, 2.45) is 0 Å². The van der Waals surface area contributed by atoms with E-state index < -0.39 is 0 Å². The van der Waals surface area contributed by atoms with Crippen LogP contribution < -0.4 is 5.32 Å². The van der Waals surface area contributed by atoms with E-state index in [1.165, 1.54) is 17.8 Å². The minimum Gasteiger partial charge on any atom is -0.384 e. The van der Waals surface area contributed by atoms with Gasteiger partial charge in [-0.15, -0.1) is 0 Å². The predicted molar refractivity (Wildman–Crippen MR) is 70.9 cm³/mol. The molecule has 1 aliphatic rings. The summed E-state index contributed by atoms with van der Waals surface area (Å²) in [6.45, 7) is 1.93. The van der Waals surface area contributed by atoms with Crippen molar-refractivity contribution in [3.63, 3.8) is 0 Å². The van der Waals surface area contributed by atoms with Crippen LogP contribution in [0.4, 0.5) is 5.69 Å². The number of hydrogen-bond acceptors (Lipinski definition) is 4. The van der Waals surface area contributed by atoms with Crippen LogP contribution in [0.5, 0.6) is 0 Å². The van der Waals surface area contributed by atoms with Gasteiger partial charge in [-0.3, -0.25) is 4.98 Å². The molecule has 0 saturated carbocycles. The first-order chi connectivity index (χ1) is 8.90. The number of ether oxygens (including phenoxy) is 1. The second-order valence-corrected chi connectivity index (χ2v) is 4.53. The molecular weight excluding hydrogens is 228 g/mol. The van der Waals surface area contributed by atoms with E-state index in [4.69, 9.17) is 4.74 Å². The number of aldehydes is 1. The van der Waals surface area contributed by atoms with E-state index in [2.05, 4.69) is 22.4 Å². The van der Waals surface area contributed by atoms with E-state index in [1.54, 1.807) is 0 Å². The van der Waals surface area contributed by atoms with Gasteiger partial charge in [-0.05, 0) is 44.2 Å². The van der Waals surface area contributed by atoms with Gasteiger partial charge in [0.1, 0.15) is 12.9 Å². The molecule has 0 aromatic carbocycles. The third-order valence-electron chi connectivity index (χ3n) is 3.10. The first kappa shape index (κ1) is 13.0. The van der Waals surface area contributed by atoms with Crippen LogP contribution >= 0.6 is 0 Å². The largest absolute Gasteiger partial charge is 0.384 e. The molecule has 1 aliphatic heterocycles. The molecule has 1 aromatic rings. The van der Waals surface area contributed by atoms with Crippen molar-refractivity contribution in [3.8, 4) is 0 Å². The number of aryl methyl sites for hydroxylation is 2. The van der Waals surface area contributed by atoms with Crippen LogP contribution in [0.2, 0.25) is 0 Å². The molecule has 4 nitrogen and oxygen atoms in total. The fraction of sp³-hybridized carbons (Fsp3) is 0.571. The molecule has 0 aliphatic carbocycles. The molecular formula is C14H20N2O2. The van der Waals surface area contributed by atoms with Crippen molar-refractivity contribution in [1.82, 2.24) is 4.98 Å². The minimum atomic E-state index is 0.211. The minimum absolute atomic E-state index is 0.211. The summed E-state index contributed by atoms with van der Waals surface area (Å²) in [6, 6.07) is 4.24. The van der Waals surface area contributed by atoms with Crippen LogP contribution in [-0.4, -0.2) is 31.0 Å². The lowest BCUT2D eigenvalue weighted by atomic mass is 10.1. The fourth-order valence-electron chi connectivity index (χ4n) is 2.16. The van der Waals surface area contributed by atoms with Crippen LogP contribution in [0.3, 0.4) is 0 Å². The molecule has 0 unspecified atom stereocenters. The van der Waals surface area contributed by atoms with E-state index in [1.807, 2.05) is 0 Å². The average molecular weight is 248 g/mol. The summed E-state index contributed by atoms with van der Waals surface area (Å²) >= 11 is 0. The Kier molecular flexibility index (Phi) is 5.15. The van der Waals surface area contributed by atoms with Crippen molar-refractivity contribution >= 4 is 12.0 Å². The van der Waals surface area contributed by atoms with E-state index in [0.29, 0.717) is 6.61 Å². The zero-order valence-electron chi connectivity index (χ0n) is 10.7. The van der Waals surface area contributed by atoms with Gasteiger partial charge >= 0.3 is 0 Å². The number of fused-ring (bicyclic) bond motifs is 1. The van der Waals surface area contributed by atoms with Gasteiger partial charge in [-0.2, -0.15) is 0 Å². The summed E-state index contributed by atoms with van der Waals surface area (Å²) in [6.07, 6.45) is 6.06. The normalized spacial score (nSPS) is 13.8. The summed E-state index contributed by atoms with van der Waals surface area (Å²) < 4.78 is 5.11. The Morgan fingerprint density at radius 2 is 2.33 bits per heavy atom. The van der Waals surface area contributed by atoms with Crippen molar-refractivity contribution in [2.45, 2.75) is 32.1 Å². The smallest absolute Gasteiger partial charge is 0.145 e. The summed E-state index contributed by atoms with van der Waals surface area (Å²) in [5, 5.41) is 3.36. The lowest BCUT2D eigenvalue weighted by molar-refractivity contribution is -0.111. The van der Waals surface area contributed by atoms with Gasteiger partial charge in [0, 0.05) is 18.8 Å². The predicted octanol–water partition coefficient (Wildman–Crippen LogP) is 1.98. The zero-order valence-corrected chi connectivity index (χ0v) is 10.7. The molecule has 0 fully saturated rings. The first-order valence-corrected chi connectivity index (χ1v) is 6.64. The molecule has 18 heavy (non-hydrogen) atoms. The second-order valence-electron chi connectivity index (χ2n) is 4.53. The molecule has 0 atom stereocenters. The monoisotopic (exact) mass is 248 g/mol. The van der Waals surface area contributed by atoms with Gasteiger partial charge < -0.3 is 14.8 Å². The number of hydrogen-bond donors (Lipinski definition) is 1. The highest BCUT2D eigenvalue weighted by molar-refractivity contribution is 5.50. The van der Waals surface area contributed by atoms with Gasteiger partial charge in [0.05, 0.1) is 11.4 Å². The van der Waals surface area contributed by atoms with E-state index in [0.717, 1.165) is 44.2 Å². The van der Waals surface area contributed by atoms with Crippen molar-refractivity contribution < 1.29 is 9.53 Å². The third-order valence-corrected chi connectivity index (χ3v) is 3.10. The van der Waals surface area contributed by atoms with Crippen molar-refractivity contribution in [2.75, 3.05) is 25.1 Å². The quantitative estimate of drug-likeness (QED) is 0.592. The molecule has 0 spiro atoms. The second kappa shape index (κ2) is 7.11. The summed E-state index contributed by atoms with van der Waals surface area (Å²) in [7, 11) is 0. The number of unbranched alkanes of at least 4 members (excludes halogenated alkanes) is 1. The molecule has 2 rings (SSSR count). The van der Waals surface area contributed by atoms with Crippen LogP contribution in [0.1, 0.15) is 30.7 Å². The number of nitrogens with zero attached hydrogens (tertiary/aromatic N) is 1. The number of carbonyl (C=O) groups is 1. The Morgan fingerprint density at radius 1 is 1.39 bits per heavy atom. The molecule has 0 amide bonds. The summed E-state index contributed by atoms with van der Waals surface area (Å²) in [5.74, 6) is 0. The van der Waals surface area contributed by atoms with Gasteiger partial charge in [-0.25, -0.2) is 0 Å². The van der Waals surface area contributed by atoms with E-state index in [-0.39, 0.29) is 6.61 Å². The summed E-state index contributed by atoms with van der Waals surface area (Å²) in [4.78, 5) is 14.7. The van der Waals surface area contributed by atoms with E-state index >= 15 is 0 Å². The number of rotatable bonds is 7. The van der Waals surface area contributed by atoms with Gasteiger partial charge in [0.25, 0.3) is 0 Å². The van der Waals surface area contributed by atoms with Gasteiger partial charge in [0.2, 0.25) is 0 Å². The Labute approximate surface area is 108 Å². The molecule has 98 valence electrons. The molecule has 0 saturated heterocycles. The maximum absolute atomic E-state index is 10.1. The Hall–Kier alpha value is -1.42. The molecule has 0 bridgehead atoms. The SMILES string of the molecule is O=CCOCCCCc1ccc2c(n1)CCCN2. The van der Waals surface area contributed by atoms with Gasteiger partial charge in [-0.1, -0.05) is 0 Å².